The monoisotopic (exact) mass is 221 g/mol. The number of nitrogens with zero attached hydrogens (tertiary/aromatic N) is 1. The second kappa shape index (κ2) is 3.36. The fraction of sp³-hybridized carbons (Fsp3) is 0.250. The van der Waals surface area contributed by atoms with Crippen LogP contribution in [0.4, 0.5) is 5.69 Å². The standard InChI is InChI=1S/C16H15N/c1-2-6-13-12(5-1)11-15-14(13)7-3-8-16(15)17-9-4-10-17/h1-3,5-8H,4,9-11H2. The fourth-order valence-corrected chi connectivity index (χ4v) is 2.99. The smallest absolute Gasteiger partial charge is 0.0408 e. The Morgan fingerprint density at radius 3 is 2.47 bits per heavy atom. The number of hydrogen-bond donors (Lipinski definition) is 0. The molecular formula is C16H15N. The zero-order valence-corrected chi connectivity index (χ0v) is 9.82. The third kappa shape index (κ3) is 1.25. The van der Waals surface area contributed by atoms with E-state index in [1.807, 2.05) is 0 Å². The summed E-state index contributed by atoms with van der Waals surface area (Å²) < 4.78 is 0. The van der Waals surface area contributed by atoms with Crippen LogP contribution in [0.3, 0.4) is 0 Å². The number of rotatable bonds is 1. The molecule has 0 atom stereocenters. The molecule has 2 aromatic rings. The fourth-order valence-electron chi connectivity index (χ4n) is 2.99. The van der Waals surface area contributed by atoms with Gasteiger partial charge in [-0.05, 0) is 34.7 Å². The van der Waals surface area contributed by atoms with Crippen molar-refractivity contribution in [3.63, 3.8) is 0 Å². The van der Waals surface area contributed by atoms with Crippen LogP contribution in [-0.4, -0.2) is 13.1 Å². The number of hydrogen-bond acceptors (Lipinski definition) is 1. The van der Waals surface area contributed by atoms with Gasteiger partial charge in [0.25, 0.3) is 0 Å². The number of fused-ring (bicyclic) bond motifs is 3. The summed E-state index contributed by atoms with van der Waals surface area (Å²) >= 11 is 0. The quantitative estimate of drug-likeness (QED) is 0.608. The van der Waals surface area contributed by atoms with Crippen LogP contribution in [0, 0.1) is 0 Å². The van der Waals surface area contributed by atoms with Crippen molar-refractivity contribution in [1.29, 1.82) is 0 Å². The van der Waals surface area contributed by atoms with Gasteiger partial charge in [0.2, 0.25) is 0 Å². The van der Waals surface area contributed by atoms with E-state index >= 15 is 0 Å². The summed E-state index contributed by atoms with van der Waals surface area (Å²) in [6.45, 7) is 2.46. The summed E-state index contributed by atoms with van der Waals surface area (Å²) in [7, 11) is 0. The molecule has 1 nitrogen and oxygen atoms in total. The van der Waals surface area contributed by atoms with E-state index in [2.05, 4.69) is 47.4 Å². The molecule has 0 saturated carbocycles. The Labute approximate surface area is 102 Å². The minimum Gasteiger partial charge on any atom is -0.371 e. The van der Waals surface area contributed by atoms with E-state index in [9.17, 15) is 0 Å². The Balaban J connectivity index is 1.89. The SMILES string of the molecule is c1ccc2c(c1)Cc1c-2cccc1N1CCC1. The average Bonchev–Trinajstić information content (AvgIpc) is 2.67. The Morgan fingerprint density at radius 1 is 0.824 bits per heavy atom. The second-order valence-corrected chi connectivity index (χ2v) is 4.98. The molecule has 1 aliphatic carbocycles. The molecule has 0 spiro atoms. The first-order chi connectivity index (χ1) is 8.43. The Kier molecular flexibility index (Phi) is 1.84. The van der Waals surface area contributed by atoms with Crippen molar-refractivity contribution in [2.24, 2.45) is 0 Å². The summed E-state index contributed by atoms with van der Waals surface area (Å²) in [6.07, 6.45) is 2.45. The Hall–Kier alpha value is -1.76. The van der Waals surface area contributed by atoms with Crippen molar-refractivity contribution >= 4 is 5.69 Å². The molecule has 1 heteroatoms. The minimum absolute atomic E-state index is 1.11. The highest BCUT2D eigenvalue weighted by molar-refractivity contribution is 5.82. The Morgan fingerprint density at radius 2 is 1.65 bits per heavy atom. The molecule has 1 fully saturated rings. The zero-order valence-electron chi connectivity index (χ0n) is 9.82. The first kappa shape index (κ1) is 9.29. The van der Waals surface area contributed by atoms with Gasteiger partial charge < -0.3 is 4.90 Å². The third-order valence-electron chi connectivity index (χ3n) is 4.02. The van der Waals surface area contributed by atoms with Crippen molar-refractivity contribution in [2.75, 3.05) is 18.0 Å². The van der Waals surface area contributed by atoms with Crippen LogP contribution in [0.25, 0.3) is 11.1 Å². The van der Waals surface area contributed by atoms with Crippen molar-refractivity contribution < 1.29 is 0 Å². The maximum Gasteiger partial charge on any atom is 0.0408 e. The van der Waals surface area contributed by atoms with Crippen molar-refractivity contribution in [3.8, 4) is 11.1 Å². The van der Waals surface area contributed by atoms with Gasteiger partial charge in [-0.3, -0.25) is 0 Å². The normalized spacial score (nSPS) is 16.4. The Bertz CT molecular complexity index is 582. The highest BCUT2D eigenvalue weighted by Crippen LogP contribution is 2.41. The summed E-state index contributed by atoms with van der Waals surface area (Å²) in [5.41, 5.74) is 7.36. The van der Waals surface area contributed by atoms with Crippen LogP contribution < -0.4 is 4.90 Å². The predicted octanol–water partition coefficient (Wildman–Crippen LogP) is 3.47. The van der Waals surface area contributed by atoms with Crippen LogP contribution in [0.15, 0.2) is 42.5 Å². The van der Waals surface area contributed by atoms with E-state index in [1.165, 1.54) is 47.5 Å². The van der Waals surface area contributed by atoms with Crippen LogP contribution in [0.1, 0.15) is 17.5 Å². The third-order valence-corrected chi connectivity index (χ3v) is 4.02. The topological polar surface area (TPSA) is 3.24 Å². The van der Waals surface area contributed by atoms with Gasteiger partial charge in [0.05, 0.1) is 0 Å². The largest absolute Gasteiger partial charge is 0.371 e. The average molecular weight is 221 g/mol. The molecule has 0 N–H and O–H groups in total. The maximum atomic E-state index is 2.50. The molecule has 0 bridgehead atoms. The minimum atomic E-state index is 1.11. The number of benzene rings is 2. The molecule has 2 aliphatic rings. The highest BCUT2D eigenvalue weighted by atomic mass is 15.2. The second-order valence-electron chi connectivity index (χ2n) is 4.98. The first-order valence-corrected chi connectivity index (χ1v) is 6.38. The van der Waals surface area contributed by atoms with Gasteiger partial charge in [0, 0.05) is 25.2 Å². The van der Waals surface area contributed by atoms with Crippen molar-refractivity contribution in [3.05, 3.63) is 53.6 Å². The van der Waals surface area contributed by atoms with E-state index < -0.39 is 0 Å². The summed E-state index contributed by atoms with van der Waals surface area (Å²) in [5, 5.41) is 0. The number of anilines is 1. The molecular weight excluding hydrogens is 206 g/mol. The van der Waals surface area contributed by atoms with Gasteiger partial charge in [-0.2, -0.15) is 0 Å². The lowest BCUT2D eigenvalue weighted by Crippen LogP contribution is -2.37. The van der Waals surface area contributed by atoms with E-state index in [0.717, 1.165) is 6.42 Å². The molecule has 2 aromatic carbocycles. The van der Waals surface area contributed by atoms with Gasteiger partial charge in [0.15, 0.2) is 0 Å². The van der Waals surface area contributed by atoms with Crippen LogP contribution in [0.2, 0.25) is 0 Å². The van der Waals surface area contributed by atoms with E-state index in [-0.39, 0.29) is 0 Å². The van der Waals surface area contributed by atoms with E-state index in [4.69, 9.17) is 0 Å². The lowest BCUT2D eigenvalue weighted by atomic mass is 10.0. The molecule has 1 heterocycles. The summed E-state index contributed by atoms with van der Waals surface area (Å²) in [4.78, 5) is 2.50. The molecule has 84 valence electrons. The van der Waals surface area contributed by atoms with Gasteiger partial charge in [-0.15, -0.1) is 0 Å². The molecule has 0 radical (unpaired) electrons. The van der Waals surface area contributed by atoms with E-state index in [1.54, 1.807) is 0 Å². The van der Waals surface area contributed by atoms with Gasteiger partial charge in [-0.1, -0.05) is 36.4 Å². The summed E-state index contributed by atoms with van der Waals surface area (Å²) in [6, 6.07) is 15.6. The molecule has 4 rings (SSSR count). The van der Waals surface area contributed by atoms with Crippen LogP contribution in [0.5, 0.6) is 0 Å². The molecule has 17 heavy (non-hydrogen) atoms. The van der Waals surface area contributed by atoms with Crippen molar-refractivity contribution in [2.45, 2.75) is 12.8 Å². The molecule has 0 amide bonds. The van der Waals surface area contributed by atoms with Crippen LogP contribution in [-0.2, 0) is 6.42 Å². The van der Waals surface area contributed by atoms with Crippen LogP contribution >= 0.6 is 0 Å². The predicted molar refractivity (Wildman–Crippen MR) is 71.5 cm³/mol. The molecule has 1 aliphatic heterocycles. The lowest BCUT2D eigenvalue weighted by Gasteiger charge is -2.34. The lowest BCUT2D eigenvalue weighted by molar-refractivity contribution is 0.616. The molecule has 1 saturated heterocycles. The summed E-state index contributed by atoms with van der Waals surface area (Å²) in [5.74, 6) is 0. The molecule has 0 unspecified atom stereocenters. The van der Waals surface area contributed by atoms with Gasteiger partial charge in [0.1, 0.15) is 0 Å². The van der Waals surface area contributed by atoms with Gasteiger partial charge in [-0.25, -0.2) is 0 Å². The van der Waals surface area contributed by atoms with E-state index in [0.29, 0.717) is 0 Å². The van der Waals surface area contributed by atoms with Gasteiger partial charge >= 0.3 is 0 Å². The highest BCUT2D eigenvalue weighted by Gasteiger charge is 2.24. The zero-order chi connectivity index (χ0) is 11.2. The first-order valence-electron chi connectivity index (χ1n) is 6.38. The van der Waals surface area contributed by atoms with Crippen molar-refractivity contribution in [1.82, 2.24) is 0 Å². The molecule has 0 aromatic heterocycles. The maximum absolute atomic E-state index is 2.50.